The number of carbonyl (C=O) groups is 5. The molecule has 3 aromatic carbocycles. The quantitative estimate of drug-likeness (QED) is 0.270. The summed E-state index contributed by atoms with van der Waals surface area (Å²) in [6, 6.07) is 21.8. The fraction of sp³-hybridized carbons (Fsp3) is 0.289. The molecule has 1 saturated heterocycles. The number of allylic oxidation sites excluding steroid dienone is 4. The first-order valence-electron chi connectivity index (χ1n) is 15.8. The number of phenolic OH excluding ortho intramolecular Hbond substituents is 1. The Morgan fingerprint density at radius 3 is 2.30 bits per heavy atom. The molecule has 8 nitrogen and oxygen atoms in total. The van der Waals surface area contributed by atoms with Crippen LogP contribution in [-0.4, -0.2) is 51.0 Å². The van der Waals surface area contributed by atoms with E-state index in [4.69, 9.17) is 5.11 Å². The number of hydrogen-bond donors (Lipinski definition) is 2. The molecular weight excluding hydrogens is 601 g/mol. The largest absolute Gasteiger partial charge is 0.505 e. The van der Waals surface area contributed by atoms with Crippen molar-refractivity contribution in [3.05, 3.63) is 119 Å². The molecule has 1 aliphatic heterocycles. The molecule has 2 fully saturated rings. The minimum Gasteiger partial charge on any atom is -0.505 e. The van der Waals surface area contributed by atoms with Crippen molar-refractivity contribution in [3.63, 3.8) is 0 Å². The van der Waals surface area contributed by atoms with Crippen LogP contribution in [0.4, 0.5) is 4.39 Å². The number of carboxylic acid groups (broad SMARTS) is 1. The predicted molar refractivity (Wildman–Crippen MR) is 168 cm³/mol. The summed E-state index contributed by atoms with van der Waals surface area (Å²) in [6.45, 7) is -0.0389. The number of ketones is 2. The fourth-order valence-corrected chi connectivity index (χ4v) is 8.66. The second-order valence-corrected chi connectivity index (χ2v) is 12.8. The van der Waals surface area contributed by atoms with E-state index in [-0.39, 0.29) is 60.8 Å². The Hall–Kier alpha value is -5.18. The molecule has 1 saturated carbocycles. The van der Waals surface area contributed by atoms with E-state index in [1.165, 1.54) is 12.1 Å². The Kier molecular flexibility index (Phi) is 7.50. The van der Waals surface area contributed by atoms with Gasteiger partial charge >= 0.3 is 5.97 Å². The summed E-state index contributed by atoms with van der Waals surface area (Å²) < 4.78 is 15.1. The Balaban J connectivity index is 1.45. The van der Waals surface area contributed by atoms with Crippen LogP contribution in [0.25, 0.3) is 5.57 Å². The molecule has 7 rings (SSSR count). The van der Waals surface area contributed by atoms with Crippen LogP contribution in [0.2, 0.25) is 0 Å². The van der Waals surface area contributed by atoms with Crippen molar-refractivity contribution in [2.75, 3.05) is 6.54 Å². The van der Waals surface area contributed by atoms with Gasteiger partial charge in [0.05, 0.1) is 17.3 Å². The van der Waals surface area contributed by atoms with Gasteiger partial charge in [0.15, 0.2) is 23.1 Å². The highest BCUT2D eigenvalue weighted by atomic mass is 19.1. The van der Waals surface area contributed by atoms with Crippen LogP contribution in [0.3, 0.4) is 0 Å². The molecule has 1 heterocycles. The lowest BCUT2D eigenvalue weighted by molar-refractivity contribution is -0.142. The third kappa shape index (κ3) is 4.59. The number of aromatic hydroxyl groups is 1. The molecular formula is C38H32FNO7. The van der Waals surface area contributed by atoms with E-state index in [2.05, 4.69) is 0 Å². The second kappa shape index (κ2) is 11.6. The standard InChI is InChI=1S/C38H32FNO7/c39-29-14-7-13-25(35(29)45)33-23-16-17-24-32(37(47)40(36(24)46)18-8-15-31(42)43)27(23)19-28-34(44)26(21-9-3-1-4-10-21)20-30(41)38(28,33)22-11-5-2-6-12-22/h1-7,9-14,16,20,24,27-28,32-33,45H,8,15,17-19H2,(H,42,43). The molecule has 6 atom stereocenters. The first-order chi connectivity index (χ1) is 22.7. The number of fused-ring (bicyclic) bond motifs is 4. The average Bonchev–Trinajstić information content (AvgIpc) is 3.32. The van der Waals surface area contributed by atoms with E-state index in [1.807, 2.05) is 6.08 Å². The monoisotopic (exact) mass is 633 g/mol. The normalized spacial score (nSPS) is 28.3. The van der Waals surface area contributed by atoms with Gasteiger partial charge in [-0.15, -0.1) is 0 Å². The molecule has 2 amide bonds. The number of aliphatic carboxylic acids is 1. The van der Waals surface area contributed by atoms with Crippen LogP contribution >= 0.6 is 0 Å². The third-order valence-electron chi connectivity index (χ3n) is 10.6. The SMILES string of the molecule is O=C(O)CCCN1C(=O)C2CC=C3C(CC4C(=O)C(c5ccccc5)=CC(=O)C4(c4ccccc4)C3c3cccc(F)c3O)C2C1=O. The van der Waals surface area contributed by atoms with Gasteiger partial charge in [-0.05, 0) is 48.4 Å². The number of benzene rings is 3. The van der Waals surface area contributed by atoms with Crippen molar-refractivity contribution in [1.82, 2.24) is 4.90 Å². The van der Waals surface area contributed by atoms with Gasteiger partial charge in [0.1, 0.15) is 0 Å². The number of amides is 2. The number of hydrogen-bond acceptors (Lipinski definition) is 6. The molecule has 3 aromatic rings. The van der Waals surface area contributed by atoms with E-state index in [0.717, 1.165) is 11.0 Å². The number of para-hydroxylation sites is 1. The minimum absolute atomic E-state index is 0.0389. The van der Waals surface area contributed by atoms with Crippen LogP contribution in [0, 0.1) is 29.5 Å². The summed E-state index contributed by atoms with van der Waals surface area (Å²) in [6.07, 6.45) is 3.35. The summed E-state index contributed by atoms with van der Waals surface area (Å²) in [5.41, 5.74) is 0.491. The zero-order valence-corrected chi connectivity index (χ0v) is 25.3. The molecule has 47 heavy (non-hydrogen) atoms. The molecule has 2 N–H and O–H groups in total. The highest BCUT2D eigenvalue weighted by Gasteiger charge is 2.66. The van der Waals surface area contributed by atoms with Crippen molar-refractivity contribution in [2.24, 2.45) is 23.7 Å². The van der Waals surface area contributed by atoms with E-state index in [9.17, 15) is 29.1 Å². The van der Waals surface area contributed by atoms with Crippen molar-refractivity contribution in [3.8, 4) is 5.75 Å². The highest BCUT2D eigenvalue weighted by Crippen LogP contribution is 2.64. The number of carbonyl (C=O) groups excluding carboxylic acids is 4. The van der Waals surface area contributed by atoms with Gasteiger partial charge in [-0.3, -0.25) is 28.9 Å². The van der Waals surface area contributed by atoms with Gasteiger partial charge in [-0.2, -0.15) is 0 Å². The van der Waals surface area contributed by atoms with Gasteiger partial charge in [0, 0.05) is 35.9 Å². The number of nitrogens with zero attached hydrogens (tertiary/aromatic N) is 1. The number of imide groups is 1. The summed E-state index contributed by atoms with van der Waals surface area (Å²) >= 11 is 0. The summed E-state index contributed by atoms with van der Waals surface area (Å²) in [4.78, 5) is 69.6. The first-order valence-corrected chi connectivity index (χ1v) is 15.8. The van der Waals surface area contributed by atoms with Crippen molar-refractivity contribution in [2.45, 2.75) is 37.0 Å². The van der Waals surface area contributed by atoms with Crippen LogP contribution in [0.15, 0.2) is 96.6 Å². The van der Waals surface area contributed by atoms with E-state index >= 15 is 4.39 Å². The number of rotatable bonds is 7. The molecule has 6 unspecified atom stereocenters. The number of phenols is 1. The van der Waals surface area contributed by atoms with Gasteiger partial charge in [-0.25, -0.2) is 4.39 Å². The van der Waals surface area contributed by atoms with Crippen molar-refractivity contribution >= 4 is 34.9 Å². The van der Waals surface area contributed by atoms with E-state index in [0.29, 0.717) is 16.7 Å². The topological polar surface area (TPSA) is 129 Å². The van der Waals surface area contributed by atoms with Gasteiger partial charge in [0.25, 0.3) is 0 Å². The molecule has 0 spiro atoms. The van der Waals surface area contributed by atoms with Gasteiger partial charge < -0.3 is 10.2 Å². The van der Waals surface area contributed by atoms with Gasteiger partial charge in [-0.1, -0.05) is 84.4 Å². The fourth-order valence-electron chi connectivity index (χ4n) is 8.66. The van der Waals surface area contributed by atoms with E-state index < -0.39 is 58.4 Å². The Morgan fingerprint density at radius 1 is 0.894 bits per heavy atom. The molecule has 4 aliphatic rings. The zero-order chi connectivity index (χ0) is 33.0. The number of likely N-dealkylation sites (tertiary alicyclic amines) is 1. The van der Waals surface area contributed by atoms with Crippen LogP contribution in [0.5, 0.6) is 5.75 Å². The number of Topliss-reactive ketones (excluding diaryl/α,β-unsaturated/α-hetero) is 1. The molecule has 0 bridgehead atoms. The summed E-state index contributed by atoms with van der Waals surface area (Å²) in [5, 5.41) is 20.4. The number of carboxylic acids is 1. The summed E-state index contributed by atoms with van der Waals surface area (Å²) in [5.74, 6) is -8.35. The lowest BCUT2D eigenvalue weighted by Crippen LogP contribution is -2.58. The van der Waals surface area contributed by atoms with E-state index in [1.54, 1.807) is 66.7 Å². The third-order valence-corrected chi connectivity index (χ3v) is 10.6. The molecule has 238 valence electrons. The first kappa shape index (κ1) is 30.5. The van der Waals surface area contributed by atoms with Gasteiger partial charge in [0.2, 0.25) is 11.8 Å². The van der Waals surface area contributed by atoms with Crippen molar-refractivity contribution in [1.29, 1.82) is 0 Å². The lowest BCUT2D eigenvalue weighted by atomic mass is 9.44. The Labute approximate surface area is 270 Å². The Bertz CT molecular complexity index is 1880. The molecule has 0 aromatic heterocycles. The zero-order valence-electron chi connectivity index (χ0n) is 25.3. The van der Waals surface area contributed by atoms with Crippen LogP contribution in [0.1, 0.15) is 48.3 Å². The smallest absolute Gasteiger partial charge is 0.303 e. The van der Waals surface area contributed by atoms with Crippen molar-refractivity contribution < 1.29 is 38.6 Å². The maximum Gasteiger partial charge on any atom is 0.303 e. The maximum atomic E-state index is 15.1. The highest BCUT2D eigenvalue weighted by molar-refractivity contribution is 6.31. The minimum atomic E-state index is -1.58. The molecule has 0 radical (unpaired) electrons. The number of halogens is 1. The van der Waals surface area contributed by atoms with Crippen LogP contribution < -0.4 is 0 Å². The second-order valence-electron chi connectivity index (χ2n) is 12.8. The average molecular weight is 634 g/mol. The van der Waals surface area contributed by atoms with Crippen LogP contribution in [-0.2, 0) is 29.4 Å². The Morgan fingerprint density at radius 2 is 1.60 bits per heavy atom. The molecule has 9 heteroatoms. The predicted octanol–water partition coefficient (Wildman–Crippen LogP) is 5.22. The maximum absolute atomic E-state index is 15.1. The lowest BCUT2D eigenvalue weighted by Gasteiger charge is -2.55. The summed E-state index contributed by atoms with van der Waals surface area (Å²) in [7, 11) is 0. The molecule has 3 aliphatic carbocycles.